The van der Waals surface area contributed by atoms with Crippen molar-refractivity contribution >= 4 is 17.6 Å². The fourth-order valence-electron chi connectivity index (χ4n) is 3.22. The third-order valence-corrected chi connectivity index (χ3v) is 4.62. The van der Waals surface area contributed by atoms with E-state index in [9.17, 15) is 9.59 Å². The number of anilines is 1. The molecule has 130 valence electrons. The summed E-state index contributed by atoms with van der Waals surface area (Å²) in [6.45, 7) is 7.63. The minimum atomic E-state index is -0.0609. The Balaban J connectivity index is 1.88. The first kappa shape index (κ1) is 18.0. The zero-order chi connectivity index (χ0) is 17.4. The van der Waals surface area contributed by atoms with E-state index in [4.69, 9.17) is 0 Å². The SMILES string of the molecule is C=CCNC(=O)C[C@@H]1CCN(C(=O)Nc2ccccc2)C[C@@H]1CC. The van der Waals surface area contributed by atoms with Crippen molar-refractivity contribution in [3.05, 3.63) is 43.0 Å². The van der Waals surface area contributed by atoms with Gasteiger partial charge in [0.1, 0.15) is 0 Å². The van der Waals surface area contributed by atoms with Gasteiger partial charge in [-0.05, 0) is 30.4 Å². The van der Waals surface area contributed by atoms with Crippen molar-refractivity contribution < 1.29 is 9.59 Å². The quantitative estimate of drug-likeness (QED) is 0.787. The van der Waals surface area contributed by atoms with E-state index in [1.807, 2.05) is 35.2 Å². The molecular weight excluding hydrogens is 302 g/mol. The molecule has 0 spiro atoms. The molecule has 1 aliphatic rings. The molecule has 2 atom stereocenters. The molecule has 1 aromatic rings. The van der Waals surface area contributed by atoms with E-state index in [1.165, 1.54) is 0 Å². The summed E-state index contributed by atoms with van der Waals surface area (Å²) >= 11 is 0. The maximum atomic E-state index is 12.4. The van der Waals surface area contributed by atoms with E-state index in [0.717, 1.165) is 18.5 Å². The summed E-state index contributed by atoms with van der Waals surface area (Å²) in [5, 5.41) is 5.78. The van der Waals surface area contributed by atoms with Crippen molar-refractivity contribution in [2.75, 3.05) is 25.0 Å². The maximum Gasteiger partial charge on any atom is 0.321 e. The van der Waals surface area contributed by atoms with E-state index >= 15 is 0 Å². The highest BCUT2D eigenvalue weighted by atomic mass is 16.2. The Morgan fingerprint density at radius 2 is 2.04 bits per heavy atom. The molecule has 2 rings (SSSR count). The molecule has 0 bridgehead atoms. The Labute approximate surface area is 144 Å². The maximum absolute atomic E-state index is 12.4. The summed E-state index contributed by atoms with van der Waals surface area (Å²) in [6.07, 6.45) is 4.04. The average Bonchev–Trinajstić information content (AvgIpc) is 2.61. The Morgan fingerprint density at radius 1 is 1.29 bits per heavy atom. The molecule has 1 heterocycles. The topological polar surface area (TPSA) is 61.4 Å². The predicted molar refractivity (Wildman–Crippen MR) is 96.7 cm³/mol. The fraction of sp³-hybridized carbons (Fsp3) is 0.474. The molecule has 3 amide bonds. The van der Waals surface area contributed by atoms with Crippen LogP contribution in [0, 0.1) is 11.8 Å². The number of benzene rings is 1. The molecule has 0 aromatic heterocycles. The second kappa shape index (κ2) is 9.11. The number of nitrogens with one attached hydrogen (secondary N) is 2. The van der Waals surface area contributed by atoms with Crippen LogP contribution in [0.3, 0.4) is 0 Å². The van der Waals surface area contributed by atoms with Gasteiger partial charge in [0.15, 0.2) is 0 Å². The van der Waals surface area contributed by atoms with Gasteiger partial charge in [0.05, 0.1) is 0 Å². The van der Waals surface area contributed by atoms with E-state index in [0.29, 0.717) is 37.9 Å². The van der Waals surface area contributed by atoms with Gasteiger partial charge in [-0.15, -0.1) is 6.58 Å². The lowest BCUT2D eigenvalue weighted by Gasteiger charge is -2.38. The zero-order valence-corrected chi connectivity index (χ0v) is 14.3. The van der Waals surface area contributed by atoms with Crippen LogP contribution in [0.1, 0.15) is 26.2 Å². The van der Waals surface area contributed by atoms with Gasteiger partial charge >= 0.3 is 6.03 Å². The lowest BCUT2D eigenvalue weighted by molar-refractivity contribution is -0.122. The summed E-state index contributed by atoms with van der Waals surface area (Å²) in [7, 11) is 0. The molecule has 5 heteroatoms. The highest BCUT2D eigenvalue weighted by Gasteiger charge is 2.31. The van der Waals surface area contributed by atoms with Crippen molar-refractivity contribution in [2.45, 2.75) is 26.2 Å². The van der Waals surface area contributed by atoms with Crippen LogP contribution in [0.4, 0.5) is 10.5 Å². The van der Waals surface area contributed by atoms with Gasteiger partial charge in [-0.3, -0.25) is 4.79 Å². The van der Waals surface area contributed by atoms with Crippen LogP contribution in [-0.4, -0.2) is 36.5 Å². The average molecular weight is 329 g/mol. The molecule has 0 unspecified atom stereocenters. The van der Waals surface area contributed by atoms with E-state index in [2.05, 4.69) is 24.1 Å². The Kier molecular flexibility index (Phi) is 6.85. The highest BCUT2D eigenvalue weighted by Crippen LogP contribution is 2.29. The normalized spacial score (nSPS) is 20.3. The first-order valence-electron chi connectivity index (χ1n) is 8.62. The van der Waals surface area contributed by atoms with Crippen LogP contribution in [-0.2, 0) is 4.79 Å². The number of rotatable bonds is 6. The van der Waals surface area contributed by atoms with Gasteiger partial charge in [-0.2, -0.15) is 0 Å². The van der Waals surface area contributed by atoms with E-state index in [1.54, 1.807) is 6.08 Å². The van der Waals surface area contributed by atoms with Crippen LogP contribution < -0.4 is 10.6 Å². The number of para-hydroxylation sites is 1. The number of hydrogen-bond donors (Lipinski definition) is 2. The minimum Gasteiger partial charge on any atom is -0.353 e. The lowest BCUT2D eigenvalue weighted by atomic mass is 9.81. The second-order valence-corrected chi connectivity index (χ2v) is 6.26. The van der Waals surface area contributed by atoms with Crippen molar-refractivity contribution in [1.29, 1.82) is 0 Å². The number of amides is 3. The lowest BCUT2D eigenvalue weighted by Crippen LogP contribution is -2.46. The zero-order valence-electron chi connectivity index (χ0n) is 14.3. The number of likely N-dealkylation sites (tertiary alicyclic amines) is 1. The number of nitrogens with zero attached hydrogens (tertiary/aromatic N) is 1. The molecule has 5 nitrogen and oxygen atoms in total. The van der Waals surface area contributed by atoms with Crippen molar-refractivity contribution in [3.8, 4) is 0 Å². The molecule has 1 fully saturated rings. The number of carbonyl (C=O) groups is 2. The van der Waals surface area contributed by atoms with Gasteiger partial charge in [0.2, 0.25) is 5.91 Å². The molecule has 1 aliphatic heterocycles. The van der Waals surface area contributed by atoms with Gasteiger partial charge in [0.25, 0.3) is 0 Å². The molecule has 1 aromatic carbocycles. The molecule has 0 radical (unpaired) electrons. The van der Waals surface area contributed by atoms with Crippen LogP contribution in [0.2, 0.25) is 0 Å². The molecule has 2 N–H and O–H groups in total. The molecule has 1 saturated heterocycles. The van der Waals surface area contributed by atoms with Crippen molar-refractivity contribution in [2.24, 2.45) is 11.8 Å². The largest absolute Gasteiger partial charge is 0.353 e. The van der Waals surface area contributed by atoms with Crippen molar-refractivity contribution in [3.63, 3.8) is 0 Å². The summed E-state index contributed by atoms with van der Waals surface area (Å²) in [6, 6.07) is 9.43. The highest BCUT2D eigenvalue weighted by molar-refractivity contribution is 5.89. The minimum absolute atomic E-state index is 0.0609. The first-order chi connectivity index (χ1) is 11.6. The van der Waals surface area contributed by atoms with Gasteiger partial charge in [-0.25, -0.2) is 4.79 Å². The smallest absolute Gasteiger partial charge is 0.321 e. The van der Waals surface area contributed by atoms with Crippen LogP contribution in [0.15, 0.2) is 43.0 Å². The van der Waals surface area contributed by atoms with Crippen LogP contribution >= 0.6 is 0 Å². The number of urea groups is 1. The summed E-state index contributed by atoms with van der Waals surface area (Å²) in [4.78, 5) is 26.2. The summed E-state index contributed by atoms with van der Waals surface area (Å²) in [5.74, 6) is 0.760. The summed E-state index contributed by atoms with van der Waals surface area (Å²) < 4.78 is 0. The van der Waals surface area contributed by atoms with Gasteiger partial charge in [-0.1, -0.05) is 37.6 Å². The van der Waals surface area contributed by atoms with E-state index < -0.39 is 0 Å². The monoisotopic (exact) mass is 329 g/mol. The number of carbonyl (C=O) groups excluding carboxylic acids is 2. The Morgan fingerprint density at radius 3 is 2.71 bits per heavy atom. The second-order valence-electron chi connectivity index (χ2n) is 6.26. The number of piperidine rings is 1. The number of hydrogen-bond acceptors (Lipinski definition) is 2. The predicted octanol–water partition coefficient (Wildman–Crippen LogP) is 3.26. The summed E-state index contributed by atoms with van der Waals surface area (Å²) in [5.41, 5.74) is 0.807. The molecule has 24 heavy (non-hydrogen) atoms. The van der Waals surface area contributed by atoms with Gasteiger partial charge in [0, 0.05) is 31.7 Å². The Bertz CT molecular complexity index is 559. The first-order valence-corrected chi connectivity index (χ1v) is 8.62. The molecule has 0 aliphatic carbocycles. The third-order valence-electron chi connectivity index (χ3n) is 4.62. The fourth-order valence-corrected chi connectivity index (χ4v) is 3.22. The van der Waals surface area contributed by atoms with Crippen LogP contribution in [0.5, 0.6) is 0 Å². The Hall–Kier alpha value is -2.30. The molecular formula is C19H27N3O2. The van der Waals surface area contributed by atoms with Gasteiger partial charge < -0.3 is 15.5 Å². The third kappa shape index (κ3) is 5.11. The molecule has 0 saturated carbocycles. The van der Waals surface area contributed by atoms with E-state index in [-0.39, 0.29) is 11.9 Å². The van der Waals surface area contributed by atoms with Crippen molar-refractivity contribution in [1.82, 2.24) is 10.2 Å². The standard InChI is InChI=1S/C19H27N3O2/c1-3-11-20-18(23)13-16-10-12-22(14-15(16)4-2)19(24)21-17-8-6-5-7-9-17/h3,5-9,15-16H,1,4,10-14H2,2H3,(H,20,23)(H,21,24)/t15-,16-/m0/s1. The van der Waals surface area contributed by atoms with Crippen LogP contribution in [0.25, 0.3) is 0 Å².